The monoisotopic (exact) mass is 185 g/mol. The van der Waals surface area contributed by atoms with Crippen LogP contribution in [0, 0.1) is 0 Å². The SMILES string of the molecule is CCN=C=NCC(NC)(NC)NC. The van der Waals surface area contributed by atoms with Gasteiger partial charge >= 0.3 is 0 Å². The second-order valence-electron chi connectivity index (χ2n) is 2.55. The largest absolute Gasteiger partial charge is 0.288 e. The van der Waals surface area contributed by atoms with E-state index in [-0.39, 0.29) is 5.79 Å². The summed E-state index contributed by atoms with van der Waals surface area (Å²) in [7, 11) is 5.58. The van der Waals surface area contributed by atoms with Crippen LogP contribution < -0.4 is 16.0 Å². The van der Waals surface area contributed by atoms with Gasteiger partial charge in [0, 0.05) is 6.54 Å². The van der Waals surface area contributed by atoms with Gasteiger partial charge in [-0.05, 0) is 28.1 Å². The zero-order valence-corrected chi connectivity index (χ0v) is 8.81. The summed E-state index contributed by atoms with van der Waals surface area (Å²) in [6, 6.07) is 2.62. The minimum Gasteiger partial charge on any atom is -0.288 e. The fourth-order valence-electron chi connectivity index (χ4n) is 0.887. The molecule has 0 bridgehead atoms. The van der Waals surface area contributed by atoms with Crippen LogP contribution in [0.5, 0.6) is 0 Å². The maximum atomic E-state index is 4.04. The number of aliphatic imine (C=N–C) groups is 2. The van der Waals surface area contributed by atoms with Crippen LogP contribution in [0.2, 0.25) is 0 Å². The molecule has 0 aromatic carbocycles. The summed E-state index contributed by atoms with van der Waals surface area (Å²) in [4.78, 5) is 7.92. The van der Waals surface area contributed by atoms with Crippen molar-refractivity contribution in [2.24, 2.45) is 9.98 Å². The highest BCUT2D eigenvalue weighted by Crippen LogP contribution is 1.91. The molecule has 0 atom stereocenters. The maximum Gasteiger partial charge on any atom is 0.143 e. The number of rotatable bonds is 6. The molecular weight excluding hydrogens is 166 g/mol. The smallest absolute Gasteiger partial charge is 0.143 e. The molecular formula is C8H19N5. The predicted molar refractivity (Wildman–Crippen MR) is 55.2 cm³/mol. The van der Waals surface area contributed by atoms with Gasteiger partial charge in [-0.25, -0.2) is 9.98 Å². The number of nitrogens with one attached hydrogen (secondary N) is 3. The maximum absolute atomic E-state index is 4.04. The molecule has 3 N–H and O–H groups in total. The van der Waals surface area contributed by atoms with Crippen molar-refractivity contribution in [1.82, 2.24) is 16.0 Å². The molecule has 0 unspecified atom stereocenters. The van der Waals surface area contributed by atoms with Crippen LogP contribution in [-0.2, 0) is 0 Å². The second-order valence-corrected chi connectivity index (χ2v) is 2.55. The van der Waals surface area contributed by atoms with Crippen molar-refractivity contribution >= 4 is 6.01 Å². The molecule has 0 rings (SSSR count). The van der Waals surface area contributed by atoms with E-state index in [0.717, 1.165) is 6.54 Å². The standard InChI is InChI=1S/C8H19N5/c1-5-12-7-13-6-8(9-2,10-3)11-4/h9-11H,5-6H2,1-4H3. The van der Waals surface area contributed by atoms with Gasteiger partial charge in [-0.1, -0.05) is 0 Å². The molecule has 76 valence electrons. The Morgan fingerprint density at radius 1 is 1.08 bits per heavy atom. The topological polar surface area (TPSA) is 60.8 Å². The lowest BCUT2D eigenvalue weighted by Gasteiger charge is -2.30. The van der Waals surface area contributed by atoms with E-state index >= 15 is 0 Å². The van der Waals surface area contributed by atoms with Gasteiger partial charge in [0.2, 0.25) is 0 Å². The van der Waals surface area contributed by atoms with Crippen LogP contribution in [0.25, 0.3) is 0 Å². The zero-order chi connectivity index (χ0) is 10.2. The Balaban J connectivity index is 4.17. The molecule has 13 heavy (non-hydrogen) atoms. The van der Waals surface area contributed by atoms with Gasteiger partial charge in [-0.2, -0.15) is 0 Å². The summed E-state index contributed by atoms with van der Waals surface area (Å²) in [5.74, 6) is -0.365. The molecule has 0 aliphatic rings. The van der Waals surface area contributed by atoms with Crippen LogP contribution in [0.1, 0.15) is 6.92 Å². The van der Waals surface area contributed by atoms with Crippen molar-refractivity contribution in [2.45, 2.75) is 12.7 Å². The molecule has 0 fully saturated rings. The summed E-state index contributed by atoms with van der Waals surface area (Å²) in [5, 5.41) is 9.28. The summed E-state index contributed by atoms with van der Waals surface area (Å²) in [5.41, 5.74) is 0. The fraction of sp³-hybridized carbons (Fsp3) is 0.875. The van der Waals surface area contributed by atoms with Gasteiger partial charge in [0.05, 0.1) is 12.6 Å². The first-order valence-corrected chi connectivity index (χ1v) is 4.39. The van der Waals surface area contributed by atoms with Gasteiger partial charge in [0.1, 0.15) is 5.79 Å². The summed E-state index contributed by atoms with van der Waals surface area (Å²) in [6.07, 6.45) is 0. The van der Waals surface area contributed by atoms with Crippen molar-refractivity contribution < 1.29 is 0 Å². The molecule has 0 amide bonds. The second kappa shape index (κ2) is 6.74. The molecule has 0 heterocycles. The highest BCUT2D eigenvalue weighted by Gasteiger charge is 2.22. The van der Waals surface area contributed by atoms with E-state index in [1.165, 1.54) is 0 Å². The molecule has 5 heteroatoms. The average molecular weight is 185 g/mol. The highest BCUT2D eigenvalue weighted by atomic mass is 15.3. The lowest BCUT2D eigenvalue weighted by Crippen LogP contribution is -2.65. The third kappa shape index (κ3) is 4.15. The molecule has 0 spiro atoms. The quantitative estimate of drug-likeness (QED) is 0.386. The van der Waals surface area contributed by atoms with Gasteiger partial charge in [0.15, 0.2) is 0 Å². The van der Waals surface area contributed by atoms with Crippen LogP contribution in [0.15, 0.2) is 9.98 Å². The Kier molecular flexibility index (Phi) is 6.36. The van der Waals surface area contributed by atoms with Crippen molar-refractivity contribution in [3.63, 3.8) is 0 Å². The molecule has 0 aliphatic carbocycles. The lowest BCUT2D eigenvalue weighted by atomic mass is 10.3. The van der Waals surface area contributed by atoms with E-state index in [0.29, 0.717) is 6.54 Å². The van der Waals surface area contributed by atoms with Gasteiger partial charge < -0.3 is 0 Å². The zero-order valence-electron chi connectivity index (χ0n) is 8.81. The number of hydrogen-bond acceptors (Lipinski definition) is 5. The van der Waals surface area contributed by atoms with E-state index in [1.807, 2.05) is 28.1 Å². The van der Waals surface area contributed by atoms with E-state index < -0.39 is 0 Å². The molecule has 5 nitrogen and oxygen atoms in total. The van der Waals surface area contributed by atoms with E-state index in [4.69, 9.17) is 0 Å². The van der Waals surface area contributed by atoms with E-state index in [9.17, 15) is 0 Å². The number of nitrogens with zero attached hydrogens (tertiary/aromatic N) is 2. The average Bonchev–Trinajstić information content (AvgIpc) is 2.20. The number of hydrogen-bond donors (Lipinski definition) is 3. The molecule has 0 aromatic rings. The molecule has 0 saturated carbocycles. The predicted octanol–water partition coefficient (Wildman–Crippen LogP) is -0.508. The van der Waals surface area contributed by atoms with Crippen LogP contribution in [0.3, 0.4) is 0 Å². The van der Waals surface area contributed by atoms with E-state index in [1.54, 1.807) is 0 Å². The summed E-state index contributed by atoms with van der Waals surface area (Å²) >= 11 is 0. The Morgan fingerprint density at radius 2 is 1.62 bits per heavy atom. The summed E-state index contributed by atoms with van der Waals surface area (Å²) in [6.45, 7) is 3.21. The summed E-state index contributed by atoms with van der Waals surface area (Å²) < 4.78 is 0. The lowest BCUT2D eigenvalue weighted by molar-refractivity contribution is 0.257. The Bertz CT molecular complexity index is 171. The van der Waals surface area contributed by atoms with Crippen LogP contribution in [0.4, 0.5) is 0 Å². The van der Waals surface area contributed by atoms with E-state index in [2.05, 4.69) is 31.9 Å². The van der Waals surface area contributed by atoms with Crippen molar-refractivity contribution in [3.8, 4) is 0 Å². The van der Waals surface area contributed by atoms with Crippen LogP contribution in [-0.4, -0.2) is 46.0 Å². The molecule has 0 saturated heterocycles. The third-order valence-electron chi connectivity index (χ3n) is 1.90. The van der Waals surface area contributed by atoms with Crippen molar-refractivity contribution in [1.29, 1.82) is 0 Å². The normalized spacial score (nSPS) is 10.8. The van der Waals surface area contributed by atoms with Crippen molar-refractivity contribution in [2.75, 3.05) is 34.2 Å². The Labute approximate surface area is 79.7 Å². The minimum atomic E-state index is -0.365. The van der Waals surface area contributed by atoms with Gasteiger partial charge in [-0.3, -0.25) is 16.0 Å². The van der Waals surface area contributed by atoms with Gasteiger partial charge in [-0.15, -0.1) is 0 Å². The Hall–Kier alpha value is -0.740. The van der Waals surface area contributed by atoms with Crippen molar-refractivity contribution in [3.05, 3.63) is 0 Å². The first-order valence-electron chi connectivity index (χ1n) is 4.39. The first kappa shape index (κ1) is 12.3. The first-order chi connectivity index (χ1) is 6.24. The molecule has 0 aromatic heterocycles. The molecule has 0 radical (unpaired) electrons. The number of likely N-dealkylation sites (N-methyl/N-ethyl adjacent to an activating group) is 3. The minimum absolute atomic E-state index is 0.365. The van der Waals surface area contributed by atoms with Gasteiger partial charge in [0.25, 0.3) is 0 Å². The van der Waals surface area contributed by atoms with Crippen LogP contribution >= 0.6 is 0 Å². The molecule has 0 aliphatic heterocycles. The Morgan fingerprint density at radius 3 is 2.00 bits per heavy atom. The highest BCUT2D eigenvalue weighted by molar-refractivity contribution is 5.41. The fourth-order valence-corrected chi connectivity index (χ4v) is 0.887. The third-order valence-corrected chi connectivity index (χ3v) is 1.90.